The van der Waals surface area contributed by atoms with Crippen LogP contribution in [0.4, 0.5) is 0 Å². The highest BCUT2D eigenvalue weighted by atomic mass is 32.1. The zero-order valence-corrected chi connectivity index (χ0v) is 12.0. The monoisotopic (exact) mass is 265 g/mol. The van der Waals surface area contributed by atoms with Gasteiger partial charge in [-0.05, 0) is 44.3 Å². The topological polar surface area (TPSA) is 32.5 Å². The van der Waals surface area contributed by atoms with E-state index >= 15 is 0 Å². The molecule has 0 spiro atoms. The van der Waals surface area contributed by atoms with Gasteiger partial charge in [-0.25, -0.2) is 0 Å². The zero-order valence-electron chi connectivity index (χ0n) is 11.1. The second-order valence-corrected chi connectivity index (χ2v) is 6.72. The molecule has 2 fully saturated rings. The predicted molar refractivity (Wildman–Crippen MR) is 76.8 cm³/mol. The lowest BCUT2D eigenvalue weighted by atomic mass is 9.87. The second kappa shape index (κ2) is 4.93. The van der Waals surface area contributed by atoms with Crippen molar-refractivity contribution in [3.63, 3.8) is 0 Å². The third-order valence-electron chi connectivity index (χ3n) is 4.90. The molecule has 3 rings (SSSR count). The van der Waals surface area contributed by atoms with Crippen molar-refractivity contribution in [2.75, 3.05) is 26.7 Å². The van der Waals surface area contributed by atoms with Crippen molar-refractivity contribution in [1.82, 2.24) is 9.80 Å². The fourth-order valence-corrected chi connectivity index (χ4v) is 4.60. The van der Waals surface area contributed by atoms with Crippen molar-refractivity contribution >= 4 is 11.3 Å². The number of nitrogens with two attached hydrogens (primary N) is 1. The Balaban J connectivity index is 1.78. The minimum atomic E-state index is 0.209. The van der Waals surface area contributed by atoms with Gasteiger partial charge in [-0.2, -0.15) is 0 Å². The van der Waals surface area contributed by atoms with E-state index in [0.29, 0.717) is 6.04 Å². The smallest absolute Gasteiger partial charge is 0.0499 e. The Hall–Kier alpha value is -0.420. The normalized spacial score (nSPS) is 32.3. The molecule has 18 heavy (non-hydrogen) atoms. The molecule has 0 aromatic carbocycles. The summed E-state index contributed by atoms with van der Waals surface area (Å²) in [6.07, 6.45) is 3.90. The summed E-state index contributed by atoms with van der Waals surface area (Å²) in [4.78, 5) is 6.62. The number of hydrogen-bond donors (Lipinski definition) is 1. The first kappa shape index (κ1) is 12.6. The van der Waals surface area contributed by atoms with E-state index in [9.17, 15) is 0 Å². The minimum Gasteiger partial charge on any atom is -0.329 e. The Bertz CT molecular complexity index is 392. The zero-order chi connectivity index (χ0) is 12.6. The quantitative estimate of drug-likeness (QED) is 0.900. The molecule has 3 heterocycles. The maximum Gasteiger partial charge on any atom is 0.0499 e. The summed E-state index contributed by atoms with van der Waals surface area (Å²) in [6.45, 7) is 4.34. The van der Waals surface area contributed by atoms with Crippen LogP contribution in [0.25, 0.3) is 0 Å². The minimum absolute atomic E-state index is 0.209. The number of fused-ring (bicyclic) bond motifs is 1. The number of thiophene rings is 1. The molecule has 0 radical (unpaired) electrons. The number of likely N-dealkylation sites (N-methyl/N-ethyl adjacent to an activating group) is 1. The molecule has 2 aliphatic rings. The first-order valence-electron chi connectivity index (χ1n) is 6.94. The largest absolute Gasteiger partial charge is 0.329 e. The Kier molecular flexibility index (Phi) is 3.45. The van der Waals surface area contributed by atoms with Gasteiger partial charge in [0.25, 0.3) is 0 Å². The van der Waals surface area contributed by atoms with Gasteiger partial charge in [-0.3, -0.25) is 9.80 Å². The van der Waals surface area contributed by atoms with Crippen LogP contribution in [0.1, 0.15) is 24.1 Å². The molecule has 0 saturated carbocycles. The van der Waals surface area contributed by atoms with Gasteiger partial charge in [-0.1, -0.05) is 6.07 Å². The summed E-state index contributed by atoms with van der Waals surface area (Å²) in [5.41, 5.74) is 6.40. The Morgan fingerprint density at radius 1 is 1.56 bits per heavy atom. The lowest BCUT2D eigenvalue weighted by molar-refractivity contribution is 0.0850. The molecule has 1 aromatic heterocycles. The van der Waals surface area contributed by atoms with Crippen LogP contribution in [0, 0.1) is 0 Å². The molecule has 2 saturated heterocycles. The van der Waals surface area contributed by atoms with Gasteiger partial charge in [-0.15, -0.1) is 11.3 Å². The molecule has 2 aliphatic heterocycles. The Morgan fingerprint density at radius 3 is 3.17 bits per heavy atom. The highest BCUT2D eigenvalue weighted by Gasteiger charge is 2.50. The highest BCUT2D eigenvalue weighted by Crippen LogP contribution is 2.39. The lowest BCUT2D eigenvalue weighted by Crippen LogP contribution is -2.58. The molecule has 3 nitrogen and oxygen atoms in total. The average Bonchev–Trinajstić information content (AvgIpc) is 3.05. The van der Waals surface area contributed by atoms with E-state index in [0.717, 1.165) is 13.1 Å². The first-order chi connectivity index (χ1) is 8.76. The summed E-state index contributed by atoms with van der Waals surface area (Å²) in [7, 11) is 2.26. The van der Waals surface area contributed by atoms with Crippen LogP contribution in [0.15, 0.2) is 17.5 Å². The second-order valence-electron chi connectivity index (χ2n) is 5.69. The van der Waals surface area contributed by atoms with Crippen LogP contribution in [0.5, 0.6) is 0 Å². The molecule has 0 bridgehead atoms. The highest BCUT2D eigenvalue weighted by molar-refractivity contribution is 7.09. The predicted octanol–water partition coefficient (Wildman–Crippen LogP) is 1.75. The fourth-order valence-electron chi connectivity index (χ4n) is 3.84. The number of hydrogen-bond acceptors (Lipinski definition) is 4. The van der Waals surface area contributed by atoms with Gasteiger partial charge in [0.05, 0.1) is 0 Å². The Labute approximate surface area is 114 Å². The lowest BCUT2D eigenvalue weighted by Gasteiger charge is -2.42. The van der Waals surface area contributed by atoms with Crippen molar-refractivity contribution in [3.8, 4) is 0 Å². The molecule has 2 unspecified atom stereocenters. The molecule has 2 N–H and O–H groups in total. The van der Waals surface area contributed by atoms with E-state index in [4.69, 9.17) is 5.73 Å². The summed E-state index contributed by atoms with van der Waals surface area (Å²) >= 11 is 1.85. The summed E-state index contributed by atoms with van der Waals surface area (Å²) in [5.74, 6) is 0. The molecule has 1 aromatic rings. The summed E-state index contributed by atoms with van der Waals surface area (Å²) < 4.78 is 0. The van der Waals surface area contributed by atoms with Crippen LogP contribution >= 0.6 is 11.3 Å². The summed E-state index contributed by atoms with van der Waals surface area (Å²) in [5, 5.41) is 2.16. The first-order valence-corrected chi connectivity index (χ1v) is 7.82. The maximum absolute atomic E-state index is 6.19. The van der Waals surface area contributed by atoms with Crippen LogP contribution in [0.2, 0.25) is 0 Å². The third kappa shape index (κ3) is 1.92. The molecule has 100 valence electrons. The number of rotatable bonds is 4. The molecule has 2 atom stereocenters. The standard InChI is InChI=1S/C14H23N3S/c1-16(10-12-4-3-9-18-12)14(11-15)6-8-17-7-2-5-13(14)17/h3-4,9,13H,2,5-8,10-11,15H2,1H3. The van der Waals surface area contributed by atoms with E-state index < -0.39 is 0 Å². The van der Waals surface area contributed by atoms with E-state index in [-0.39, 0.29) is 5.54 Å². The van der Waals surface area contributed by atoms with Gasteiger partial charge < -0.3 is 5.73 Å². The van der Waals surface area contributed by atoms with E-state index in [2.05, 4.69) is 34.4 Å². The average molecular weight is 265 g/mol. The van der Waals surface area contributed by atoms with Gasteiger partial charge >= 0.3 is 0 Å². The van der Waals surface area contributed by atoms with Gasteiger partial charge in [0.1, 0.15) is 0 Å². The third-order valence-corrected chi connectivity index (χ3v) is 5.76. The van der Waals surface area contributed by atoms with E-state index in [1.54, 1.807) is 0 Å². The van der Waals surface area contributed by atoms with Crippen molar-refractivity contribution in [3.05, 3.63) is 22.4 Å². The molecule has 0 amide bonds. The van der Waals surface area contributed by atoms with Crippen LogP contribution in [0.3, 0.4) is 0 Å². The molecule has 0 aliphatic carbocycles. The van der Waals surface area contributed by atoms with E-state index in [1.165, 1.54) is 37.2 Å². The van der Waals surface area contributed by atoms with Gasteiger partial charge in [0, 0.05) is 36.1 Å². The van der Waals surface area contributed by atoms with Crippen molar-refractivity contribution < 1.29 is 0 Å². The van der Waals surface area contributed by atoms with E-state index in [1.807, 2.05) is 11.3 Å². The Morgan fingerprint density at radius 2 is 2.44 bits per heavy atom. The van der Waals surface area contributed by atoms with Crippen molar-refractivity contribution in [2.24, 2.45) is 5.73 Å². The fraction of sp³-hybridized carbons (Fsp3) is 0.714. The van der Waals surface area contributed by atoms with Crippen LogP contribution < -0.4 is 5.73 Å². The van der Waals surface area contributed by atoms with Gasteiger partial charge in [0.2, 0.25) is 0 Å². The van der Waals surface area contributed by atoms with Crippen molar-refractivity contribution in [2.45, 2.75) is 37.4 Å². The molecular formula is C14H23N3S. The molecular weight excluding hydrogens is 242 g/mol. The maximum atomic E-state index is 6.19. The SMILES string of the molecule is CN(Cc1cccs1)C1(CN)CCN2CCCC21. The van der Waals surface area contributed by atoms with Crippen LogP contribution in [-0.2, 0) is 6.54 Å². The van der Waals surface area contributed by atoms with Crippen molar-refractivity contribution in [1.29, 1.82) is 0 Å². The van der Waals surface area contributed by atoms with Crippen LogP contribution in [-0.4, -0.2) is 48.1 Å². The molecule has 4 heteroatoms. The summed E-state index contributed by atoms with van der Waals surface area (Å²) in [6, 6.07) is 5.05. The number of nitrogens with zero attached hydrogens (tertiary/aromatic N) is 2. The van der Waals surface area contributed by atoms with Gasteiger partial charge in [0.15, 0.2) is 0 Å².